The summed E-state index contributed by atoms with van der Waals surface area (Å²) in [6.07, 6.45) is 3.14. The Bertz CT molecular complexity index is 2010. The first-order valence-corrected chi connectivity index (χ1v) is 11.8. The van der Waals surface area contributed by atoms with Crippen LogP contribution in [0.5, 0.6) is 0 Å². The minimum atomic E-state index is -0.900. The molecule has 0 N–H and O–H groups in total. The van der Waals surface area contributed by atoms with E-state index in [1.165, 1.54) is 0 Å². The van der Waals surface area contributed by atoms with Gasteiger partial charge in [0, 0.05) is 36.2 Å². The van der Waals surface area contributed by atoms with Crippen molar-refractivity contribution in [1.82, 2.24) is 0 Å². The molecule has 0 radical (unpaired) electrons. The van der Waals surface area contributed by atoms with Gasteiger partial charge < -0.3 is 4.42 Å². The van der Waals surface area contributed by atoms with Gasteiger partial charge in [0.15, 0.2) is 11.4 Å². The Kier molecular flexibility index (Phi) is 3.48. The van der Waals surface area contributed by atoms with Gasteiger partial charge in [-0.3, -0.25) is 0 Å². The van der Waals surface area contributed by atoms with Gasteiger partial charge in [-0.25, -0.2) is 4.85 Å². The minimum absolute atomic E-state index is 0.00892. The fourth-order valence-electron chi connectivity index (χ4n) is 5.25. The van der Waals surface area contributed by atoms with Crippen molar-refractivity contribution in [2.45, 2.75) is 45.4 Å². The first-order chi connectivity index (χ1) is 20.3. The van der Waals surface area contributed by atoms with Crippen LogP contribution in [0.3, 0.4) is 0 Å². The topological polar surface area (TPSA) is 21.4 Å². The van der Waals surface area contributed by atoms with Crippen molar-refractivity contribution in [1.29, 1.82) is 0 Å². The van der Waals surface area contributed by atoms with E-state index in [9.17, 15) is 0 Å². The second-order valence-corrected chi connectivity index (χ2v) is 9.11. The molecular weight excluding hydrogens is 428 g/mol. The van der Waals surface area contributed by atoms with Gasteiger partial charge >= 0.3 is 0 Å². The van der Waals surface area contributed by atoms with Crippen LogP contribution in [0.25, 0.3) is 49.2 Å². The molecule has 3 heteroatoms. The van der Waals surface area contributed by atoms with Crippen molar-refractivity contribution in [2.75, 3.05) is 0 Å². The predicted molar refractivity (Wildman–Crippen MR) is 143 cm³/mol. The zero-order chi connectivity index (χ0) is 31.1. The number of nitrogens with zero attached hydrogens (tertiary/aromatic N) is 2. The molecule has 35 heavy (non-hydrogen) atoms. The van der Waals surface area contributed by atoms with Crippen LogP contribution in [0, 0.1) is 20.4 Å². The molecule has 0 unspecified atom stereocenters. The molecule has 2 heterocycles. The third kappa shape index (κ3) is 3.36. The van der Waals surface area contributed by atoms with Crippen molar-refractivity contribution < 1.29 is 20.0 Å². The van der Waals surface area contributed by atoms with Gasteiger partial charge in [0.05, 0.1) is 21.7 Å². The van der Waals surface area contributed by atoms with Gasteiger partial charge in [0.25, 0.3) is 0 Å². The van der Waals surface area contributed by atoms with Gasteiger partial charge in [0.1, 0.15) is 18.2 Å². The highest BCUT2D eigenvalue weighted by Gasteiger charge is 2.27. The second-order valence-electron chi connectivity index (χ2n) is 9.11. The molecule has 5 aromatic rings. The molecule has 0 bridgehead atoms. The Hall–Kier alpha value is -3.90. The summed E-state index contributed by atoms with van der Waals surface area (Å²) in [6.45, 7) is 11.6. The molecule has 1 fully saturated rings. The van der Waals surface area contributed by atoms with Crippen LogP contribution in [0.15, 0.2) is 71.0 Å². The molecule has 0 amide bonds. The van der Waals surface area contributed by atoms with Gasteiger partial charge in [0.2, 0.25) is 5.69 Å². The Morgan fingerprint density at radius 3 is 2.34 bits per heavy atom. The van der Waals surface area contributed by atoms with E-state index in [1.54, 1.807) is 12.1 Å². The molecule has 3 nitrogen and oxygen atoms in total. The molecule has 1 aliphatic rings. The van der Waals surface area contributed by atoms with Crippen molar-refractivity contribution in [3.63, 3.8) is 0 Å². The van der Waals surface area contributed by atoms with Crippen LogP contribution >= 0.6 is 0 Å². The molecule has 0 spiro atoms. The standard InChI is InChI=1S/C32H29N2O/c1-20-14-15-25-26-16-18-27(33-3)30(23-12-6-5-7-13-23)32(26)35-31(25)29(20)28-19-17-24(21(2)34(28)4)22-10-8-9-11-22/h5-7,12-19,22H,8-11H2,1-2,4H3/q+1/i5D,6D,7D,12D,13D,17D,19D,22D. The normalized spacial score (nSPS) is 18.2. The monoisotopic (exact) mass is 465 g/mol. The Morgan fingerprint density at radius 2 is 1.63 bits per heavy atom. The number of rotatable bonds is 3. The van der Waals surface area contributed by atoms with Crippen molar-refractivity contribution in [3.05, 3.63) is 94.8 Å². The van der Waals surface area contributed by atoms with Crippen LogP contribution in [0.4, 0.5) is 5.69 Å². The summed E-state index contributed by atoms with van der Waals surface area (Å²) in [5, 5.41) is 1.26. The molecule has 6 rings (SSSR count). The second kappa shape index (κ2) is 8.40. The smallest absolute Gasteiger partial charge is 0.216 e. The number of aryl methyl sites for hydroxylation is 1. The Labute approximate surface area is 217 Å². The lowest BCUT2D eigenvalue weighted by molar-refractivity contribution is -0.667. The molecule has 1 aliphatic carbocycles. The van der Waals surface area contributed by atoms with Crippen LogP contribution in [-0.2, 0) is 7.05 Å². The van der Waals surface area contributed by atoms with Crippen LogP contribution in [0.1, 0.15) is 59.4 Å². The van der Waals surface area contributed by atoms with Crippen LogP contribution < -0.4 is 4.57 Å². The van der Waals surface area contributed by atoms with Gasteiger partial charge in [-0.2, -0.15) is 4.57 Å². The maximum atomic E-state index is 9.15. The maximum absolute atomic E-state index is 9.15. The van der Waals surface area contributed by atoms with E-state index < -0.39 is 36.1 Å². The van der Waals surface area contributed by atoms with Crippen molar-refractivity contribution in [2.24, 2.45) is 7.05 Å². The average Bonchev–Trinajstić information content (AvgIpc) is 3.59. The highest BCUT2D eigenvalue weighted by atomic mass is 16.3. The summed E-state index contributed by atoms with van der Waals surface area (Å²) in [7, 11) is 1.83. The number of fused-ring (bicyclic) bond motifs is 3. The lowest BCUT2D eigenvalue weighted by Gasteiger charge is -2.14. The van der Waals surface area contributed by atoms with Gasteiger partial charge in [-0.1, -0.05) is 67.3 Å². The largest absolute Gasteiger partial charge is 0.456 e. The van der Waals surface area contributed by atoms with E-state index in [-0.39, 0.29) is 34.5 Å². The third-order valence-corrected chi connectivity index (χ3v) is 7.17. The van der Waals surface area contributed by atoms with Gasteiger partial charge in [-0.05, 0) is 42.8 Å². The molecule has 1 saturated carbocycles. The number of furan rings is 1. The number of aromatic nitrogens is 1. The molecule has 3 aromatic carbocycles. The summed E-state index contributed by atoms with van der Waals surface area (Å²) < 4.78 is 77.3. The maximum Gasteiger partial charge on any atom is 0.216 e. The van der Waals surface area contributed by atoms with Gasteiger partial charge in [-0.15, -0.1) is 0 Å². The minimum Gasteiger partial charge on any atom is -0.456 e. The van der Waals surface area contributed by atoms with E-state index in [4.69, 9.17) is 22.0 Å². The number of hydrogen-bond donors (Lipinski definition) is 0. The zero-order valence-corrected chi connectivity index (χ0v) is 19.9. The fourth-order valence-corrected chi connectivity index (χ4v) is 5.25. The van der Waals surface area contributed by atoms with Crippen molar-refractivity contribution >= 4 is 27.6 Å². The predicted octanol–water partition coefficient (Wildman–Crippen LogP) is 8.57. The zero-order valence-electron chi connectivity index (χ0n) is 27.9. The number of hydrogen-bond acceptors (Lipinski definition) is 1. The summed E-state index contributed by atoms with van der Waals surface area (Å²) in [5.74, 6) is -0.900. The average molecular weight is 466 g/mol. The quantitative estimate of drug-likeness (QED) is 0.193. The summed E-state index contributed by atoms with van der Waals surface area (Å²) in [6, 6.07) is 4.69. The number of pyridine rings is 1. The summed E-state index contributed by atoms with van der Waals surface area (Å²) >= 11 is 0. The first kappa shape index (κ1) is 14.5. The van der Waals surface area contributed by atoms with Crippen molar-refractivity contribution in [3.8, 4) is 22.4 Å². The fraction of sp³-hybridized carbons (Fsp3) is 0.250. The van der Waals surface area contributed by atoms with E-state index in [0.717, 1.165) is 24.1 Å². The molecule has 0 aliphatic heterocycles. The van der Waals surface area contributed by atoms with Crippen LogP contribution in [0.2, 0.25) is 0 Å². The lowest BCUT2D eigenvalue weighted by Crippen LogP contribution is -2.36. The van der Waals surface area contributed by atoms with E-state index in [2.05, 4.69) is 4.85 Å². The Balaban J connectivity index is 1.73. The van der Waals surface area contributed by atoms with E-state index in [1.807, 2.05) is 37.6 Å². The molecule has 0 atom stereocenters. The lowest BCUT2D eigenvalue weighted by atomic mass is 9.94. The summed E-state index contributed by atoms with van der Waals surface area (Å²) in [5.41, 5.74) is 3.87. The Morgan fingerprint density at radius 1 is 0.943 bits per heavy atom. The van der Waals surface area contributed by atoms with Crippen LogP contribution in [-0.4, -0.2) is 0 Å². The first-order valence-electron chi connectivity index (χ1n) is 15.8. The highest BCUT2D eigenvalue weighted by molar-refractivity contribution is 6.15. The SMILES string of the molecule is [2H]c1c([2H])c([2H])c(-c2c([N+]#[C-])ccc3c2oc2c(-c4c([2H])c([2H])c(C5([2H])CCCC5)c(C)[n+]4C)c(C)ccc23)c([2H])c1[2H]. The molecule has 0 saturated heterocycles. The molecule has 2 aromatic heterocycles. The molecule has 172 valence electrons. The van der Waals surface area contributed by atoms with E-state index >= 15 is 0 Å². The summed E-state index contributed by atoms with van der Waals surface area (Å²) in [4.78, 5) is 3.61. The number of benzene rings is 3. The highest BCUT2D eigenvalue weighted by Crippen LogP contribution is 2.44. The molecular formula is C32H29N2O+. The third-order valence-electron chi connectivity index (χ3n) is 7.17. The van der Waals surface area contributed by atoms with E-state index in [0.29, 0.717) is 46.0 Å².